The molecule has 0 aliphatic heterocycles. The van der Waals surface area contributed by atoms with Gasteiger partial charge in [0.05, 0.1) is 12.0 Å². The van der Waals surface area contributed by atoms with E-state index in [2.05, 4.69) is 49.6 Å². The number of aromatic amines is 1. The van der Waals surface area contributed by atoms with Gasteiger partial charge in [0.2, 0.25) is 0 Å². The van der Waals surface area contributed by atoms with Gasteiger partial charge in [-0.3, -0.25) is 0 Å². The van der Waals surface area contributed by atoms with E-state index in [0.717, 1.165) is 0 Å². The maximum absolute atomic E-state index is 3.76. The van der Waals surface area contributed by atoms with Gasteiger partial charge in [0.1, 0.15) is 12.4 Å². The smallest absolute Gasteiger partial charge is 0.247 e. The van der Waals surface area contributed by atoms with Crippen LogP contribution in [0.25, 0.3) is 0 Å². The third kappa shape index (κ3) is 25.0. The Morgan fingerprint density at radius 3 is 1.04 bits per heavy atom. The number of hydrogen-bond donors (Lipinski definition) is 1. The van der Waals surface area contributed by atoms with Gasteiger partial charge in [-0.15, -0.1) is 0 Å². The molecule has 2 unspecified atom stereocenters. The number of aromatic nitrogens is 2. The summed E-state index contributed by atoms with van der Waals surface area (Å²) in [6.45, 7) is 9.42. The van der Waals surface area contributed by atoms with E-state index in [1.807, 2.05) is 0 Å². The molecule has 0 radical (unpaired) electrons. The molecule has 0 bridgehead atoms. The van der Waals surface area contributed by atoms with Crippen molar-refractivity contribution in [2.24, 2.45) is 0 Å². The predicted molar refractivity (Wildman–Crippen MR) is 202 cm³/mol. The van der Waals surface area contributed by atoms with Crippen LogP contribution in [0, 0.1) is 0 Å². The van der Waals surface area contributed by atoms with Crippen molar-refractivity contribution in [1.29, 1.82) is 0 Å². The second kappa shape index (κ2) is 33.1. The second-order valence-corrected chi connectivity index (χ2v) is 15.1. The summed E-state index contributed by atoms with van der Waals surface area (Å²) in [6.07, 6.45) is 53.1. The molecule has 0 aromatic carbocycles. The van der Waals surface area contributed by atoms with E-state index in [9.17, 15) is 0 Å². The zero-order chi connectivity index (χ0) is 32.5. The molecule has 2 atom stereocenters. The molecule has 1 aromatic heterocycles. The number of H-pyrrole nitrogens is 1. The summed E-state index contributed by atoms with van der Waals surface area (Å²) in [5.74, 6) is 2.25. The zero-order valence-electron chi connectivity index (χ0n) is 31.8. The number of nitrogens with one attached hydrogen (secondary N) is 1. The van der Waals surface area contributed by atoms with E-state index < -0.39 is 0 Å². The molecule has 0 spiro atoms. The van der Waals surface area contributed by atoms with Gasteiger partial charge in [0.15, 0.2) is 0 Å². The Morgan fingerprint density at radius 1 is 0.422 bits per heavy atom. The van der Waals surface area contributed by atoms with Crippen molar-refractivity contribution < 1.29 is 4.57 Å². The van der Waals surface area contributed by atoms with E-state index in [0.29, 0.717) is 12.0 Å². The Balaban J connectivity index is 2.38. The van der Waals surface area contributed by atoms with Gasteiger partial charge in [-0.2, -0.15) is 0 Å². The molecule has 0 aliphatic rings. The second-order valence-electron chi connectivity index (χ2n) is 15.1. The zero-order valence-corrected chi connectivity index (χ0v) is 31.8. The van der Waals surface area contributed by atoms with E-state index in [-0.39, 0.29) is 0 Å². The highest BCUT2D eigenvalue weighted by atomic mass is 15.1. The Morgan fingerprint density at radius 2 is 0.711 bits per heavy atom. The highest BCUT2D eigenvalue weighted by Gasteiger charge is 2.25. The monoisotopic (exact) mass is 630 g/mol. The molecular formula is C43H85N2+. The summed E-state index contributed by atoms with van der Waals surface area (Å²) in [5.41, 5.74) is 0. The number of imidazole rings is 1. The molecule has 0 saturated heterocycles. The molecule has 0 aliphatic carbocycles. The average molecular weight is 630 g/mol. The van der Waals surface area contributed by atoms with Crippen LogP contribution in [0.2, 0.25) is 0 Å². The first-order chi connectivity index (χ1) is 22.2. The third-order valence-corrected chi connectivity index (χ3v) is 10.6. The van der Waals surface area contributed by atoms with Crippen LogP contribution in [0.4, 0.5) is 0 Å². The van der Waals surface area contributed by atoms with Gasteiger partial charge in [0.25, 0.3) is 5.82 Å². The molecule has 1 aromatic rings. The first-order valence-corrected chi connectivity index (χ1v) is 21.3. The van der Waals surface area contributed by atoms with Crippen LogP contribution in [0.5, 0.6) is 0 Å². The first-order valence-electron chi connectivity index (χ1n) is 21.3. The number of rotatable bonds is 36. The van der Waals surface area contributed by atoms with Gasteiger partial charge in [-0.05, 0) is 32.6 Å². The number of hydrogen-bond acceptors (Lipinski definition) is 0. The molecule has 1 heterocycles. The van der Waals surface area contributed by atoms with Crippen LogP contribution in [0.15, 0.2) is 12.4 Å². The van der Waals surface area contributed by atoms with E-state index in [1.165, 1.54) is 224 Å². The fraction of sp³-hybridized carbons (Fsp3) is 0.930. The topological polar surface area (TPSA) is 19.7 Å². The SMILES string of the molecule is CCCCCCCCCCCCCCCCC(CCCCCCCCCC)c1[nH]cc[n+]1C(C)CCCCCCCCCCC. The molecule has 45 heavy (non-hydrogen) atoms. The van der Waals surface area contributed by atoms with Crippen LogP contribution in [-0.2, 0) is 0 Å². The maximum atomic E-state index is 3.76. The van der Waals surface area contributed by atoms with Crippen LogP contribution < -0.4 is 4.57 Å². The van der Waals surface area contributed by atoms with Crippen molar-refractivity contribution in [1.82, 2.24) is 4.98 Å². The Hall–Kier alpha value is -0.790. The Bertz CT molecular complexity index is 694. The molecule has 0 fully saturated rings. The molecule has 0 saturated carbocycles. The van der Waals surface area contributed by atoms with Crippen molar-refractivity contribution in [3.63, 3.8) is 0 Å². The predicted octanol–water partition coefficient (Wildman–Crippen LogP) is 15.3. The van der Waals surface area contributed by atoms with Crippen LogP contribution in [0.3, 0.4) is 0 Å². The van der Waals surface area contributed by atoms with Crippen LogP contribution in [0.1, 0.15) is 264 Å². The van der Waals surface area contributed by atoms with Crippen LogP contribution in [-0.4, -0.2) is 4.98 Å². The van der Waals surface area contributed by atoms with Gasteiger partial charge in [-0.1, -0.05) is 213 Å². The van der Waals surface area contributed by atoms with Gasteiger partial charge >= 0.3 is 0 Å². The molecule has 2 heteroatoms. The normalized spacial score (nSPS) is 13.1. The van der Waals surface area contributed by atoms with Crippen molar-refractivity contribution >= 4 is 0 Å². The lowest BCUT2D eigenvalue weighted by Gasteiger charge is -2.17. The summed E-state index contributed by atoms with van der Waals surface area (Å²) in [7, 11) is 0. The highest BCUT2D eigenvalue weighted by molar-refractivity contribution is 4.90. The van der Waals surface area contributed by atoms with E-state index in [4.69, 9.17) is 0 Å². The fourth-order valence-electron chi connectivity index (χ4n) is 7.49. The highest BCUT2D eigenvalue weighted by Crippen LogP contribution is 2.27. The summed E-state index contributed by atoms with van der Waals surface area (Å²) in [6, 6.07) is 0.619. The lowest BCUT2D eigenvalue weighted by Crippen LogP contribution is -2.41. The minimum Gasteiger partial charge on any atom is -0.247 e. The van der Waals surface area contributed by atoms with Crippen molar-refractivity contribution in [2.45, 2.75) is 258 Å². The van der Waals surface area contributed by atoms with Crippen LogP contribution >= 0.6 is 0 Å². The Labute approximate surface area is 285 Å². The molecule has 0 amide bonds. The lowest BCUT2D eigenvalue weighted by atomic mass is 9.92. The number of nitrogens with zero attached hydrogens (tertiary/aromatic N) is 1. The molecule has 1 N–H and O–H groups in total. The minimum atomic E-state index is 0.619. The minimum absolute atomic E-state index is 0.619. The van der Waals surface area contributed by atoms with Gasteiger partial charge < -0.3 is 0 Å². The summed E-state index contributed by atoms with van der Waals surface area (Å²) in [5, 5.41) is 0. The molecule has 1 rings (SSSR count). The quantitative estimate of drug-likeness (QED) is 0.0563. The molecule has 2 nitrogen and oxygen atoms in total. The van der Waals surface area contributed by atoms with Crippen molar-refractivity contribution in [3.8, 4) is 0 Å². The summed E-state index contributed by atoms with van der Waals surface area (Å²) in [4.78, 5) is 3.76. The standard InChI is InChI=1S/C43H84N2/c1-5-8-11-14-17-20-21-22-23-24-26-29-32-35-38-42(37-34-31-28-19-16-13-10-7-3)43-44-39-40-45(43)41(4)36-33-30-27-25-18-15-12-9-6-2/h39-42H,5-38H2,1-4H3/p+1. The summed E-state index contributed by atoms with van der Waals surface area (Å²) < 4.78 is 2.64. The molecule has 266 valence electrons. The van der Waals surface area contributed by atoms with E-state index in [1.54, 1.807) is 0 Å². The van der Waals surface area contributed by atoms with Crippen molar-refractivity contribution in [3.05, 3.63) is 18.2 Å². The Kier molecular flexibility index (Phi) is 31.1. The third-order valence-electron chi connectivity index (χ3n) is 10.6. The first kappa shape index (κ1) is 42.2. The number of unbranched alkanes of at least 4 members (excludes halogenated alkanes) is 28. The van der Waals surface area contributed by atoms with E-state index >= 15 is 0 Å². The lowest BCUT2D eigenvalue weighted by molar-refractivity contribution is -0.727. The van der Waals surface area contributed by atoms with Crippen molar-refractivity contribution in [2.75, 3.05) is 0 Å². The fourth-order valence-corrected chi connectivity index (χ4v) is 7.49. The maximum Gasteiger partial charge on any atom is 0.257 e. The van der Waals surface area contributed by atoms with Gasteiger partial charge in [-0.25, -0.2) is 9.55 Å². The molecular weight excluding hydrogens is 544 g/mol. The van der Waals surface area contributed by atoms with Gasteiger partial charge in [0, 0.05) is 0 Å². The average Bonchev–Trinajstić information content (AvgIpc) is 3.54. The summed E-state index contributed by atoms with van der Waals surface area (Å²) >= 11 is 0. The largest absolute Gasteiger partial charge is 0.257 e.